The van der Waals surface area contributed by atoms with E-state index in [1.165, 1.54) is 11.9 Å². The molecule has 9 nitrogen and oxygen atoms in total. The molecule has 2 aromatic carbocycles. The van der Waals surface area contributed by atoms with Gasteiger partial charge in [0.25, 0.3) is 0 Å². The molecule has 9 heteroatoms. The Bertz CT molecular complexity index is 1420. The van der Waals surface area contributed by atoms with Crippen LogP contribution in [-0.2, 0) is 13.0 Å². The van der Waals surface area contributed by atoms with Crippen LogP contribution in [0.15, 0.2) is 67.3 Å². The lowest BCUT2D eigenvalue weighted by Crippen LogP contribution is -2.07. The number of nitrogens with one attached hydrogen (secondary N) is 2. The van der Waals surface area contributed by atoms with Crippen molar-refractivity contribution < 1.29 is 9.90 Å². The minimum absolute atomic E-state index is 0.501. The SMILES string of the molecule is CCc1c(NC(=O)O)cn2ncnc(Nc3ccc4c(cnn4Cc4ccccc4)c3)c12. The molecule has 0 unspecified atom stereocenters. The summed E-state index contributed by atoms with van der Waals surface area (Å²) >= 11 is 0. The van der Waals surface area contributed by atoms with E-state index in [1.807, 2.05) is 54.2 Å². The van der Waals surface area contributed by atoms with E-state index in [0.29, 0.717) is 24.5 Å². The molecule has 5 aromatic rings. The second kappa shape index (κ2) is 8.03. The van der Waals surface area contributed by atoms with E-state index >= 15 is 0 Å². The number of anilines is 3. The number of amides is 1. The molecule has 0 saturated carbocycles. The molecule has 0 atom stereocenters. The topological polar surface area (TPSA) is 109 Å². The summed E-state index contributed by atoms with van der Waals surface area (Å²) in [6, 6.07) is 16.2. The van der Waals surface area contributed by atoms with E-state index in [9.17, 15) is 4.79 Å². The Balaban J connectivity index is 1.48. The molecule has 1 amide bonds. The molecule has 0 aliphatic rings. The first-order valence-electron chi connectivity index (χ1n) is 10.2. The maximum atomic E-state index is 11.2. The van der Waals surface area contributed by atoms with Crippen LogP contribution in [-0.4, -0.2) is 35.6 Å². The third-order valence-electron chi connectivity index (χ3n) is 5.35. The van der Waals surface area contributed by atoms with Gasteiger partial charge in [-0.05, 0) is 30.2 Å². The fourth-order valence-corrected chi connectivity index (χ4v) is 3.93. The van der Waals surface area contributed by atoms with E-state index in [0.717, 1.165) is 27.7 Å². The van der Waals surface area contributed by atoms with Crippen molar-refractivity contribution in [3.05, 3.63) is 78.4 Å². The normalized spacial score (nSPS) is 11.2. The minimum Gasteiger partial charge on any atom is -0.465 e. The van der Waals surface area contributed by atoms with Gasteiger partial charge in [-0.2, -0.15) is 10.2 Å². The first-order valence-corrected chi connectivity index (χ1v) is 10.2. The average Bonchev–Trinajstić information content (AvgIpc) is 3.35. The van der Waals surface area contributed by atoms with Crippen molar-refractivity contribution in [3.8, 4) is 0 Å². The number of aryl methyl sites for hydroxylation is 1. The van der Waals surface area contributed by atoms with Crippen LogP contribution in [0.1, 0.15) is 18.1 Å². The maximum Gasteiger partial charge on any atom is 0.409 e. The highest BCUT2D eigenvalue weighted by Gasteiger charge is 2.16. The predicted octanol–water partition coefficient (Wildman–Crippen LogP) is 4.52. The molecule has 5 rings (SSSR count). The Kier molecular flexibility index (Phi) is 4.91. The number of benzene rings is 2. The quantitative estimate of drug-likeness (QED) is 0.367. The number of aromatic nitrogens is 5. The van der Waals surface area contributed by atoms with E-state index in [1.54, 1.807) is 10.7 Å². The van der Waals surface area contributed by atoms with Gasteiger partial charge in [-0.15, -0.1) is 0 Å². The number of rotatable bonds is 6. The third-order valence-corrected chi connectivity index (χ3v) is 5.35. The fraction of sp³-hybridized carbons (Fsp3) is 0.130. The molecule has 0 spiro atoms. The number of hydrogen-bond donors (Lipinski definition) is 3. The first kappa shape index (κ1) is 19.6. The number of hydrogen-bond acceptors (Lipinski definition) is 5. The van der Waals surface area contributed by atoms with Gasteiger partial charge in [0.1, 0.15) is 11.8 Å². The zero-order valence-corrected chi connectivity index (χ0v) is 17.4. The fourth-order valence-electron chi connectivity index (χ4n) is 3.93. The van der Waals surface area contributed by atoms with Gasteiger partial charge in [0.15, 0.2) is 5.82 Å². The molecule has 3 N–H and O–H groups in total. The van der Waals surface area contributed by atoms with Crippen molar-refractivity contribution in [1.82, 2.24) is 24.4 Å². The molecule has 0 fully saturated rings. The number of nitrogens with zero attached hydrogens (tertiary/aromatic N) is 5. The molecule has 0 aliphatic carbocycles. The molecule has 3 aromatic heterocycles. The number of carboxylic acid groups (broad SMARTS) is 1. The Hall–Kier alpha value is -4.40. The van der Waals surface area contributed by atoms with Crippen molar-refractivity contribution in [3.63, 3.8) is 0 Å². The summed E-state index contributed by atoms with van der Waals surface area (Å²) in [4.78, 5) is 15.6. The van der Waals surface area contributed by atoms with Gasteiger partial charge in [0.05, 0.1) is 30.1 Å². The molecule has 3 heterocycles. The second-order valence-electron chi connectivity index (χ2n) is 7.39. The van der Waals surface area contributed by atoms with Crippen molar-refractivity contribution >= 4 is 39.7 Å². The van der Waals surface area contributed by atoms with Gasteiger partial charge < -0.3 is 10.4 Å². The summed E-state index contributed by atoms with van der Waals surface area (Å²) in [6.45, 7) is 2.67. The summed E-state index contributed by atoms with van der Waals surface area (Å²) in [5, 5.41) is 24.7. The van der Waals surface area contributed by atoms with E-state index < -0.39 is 6.09 Å². The Morgan fingerprint density at radius 2 is 1.97 bits per heavy atom. The lowest BCUT2D eigenvalue weighted by atomic mass is 10.2. The van der Waals surface area contributed by atoms with Gasteiger partial charge in [-0.3, -0.25) is 10.00 Å². The molecule has 32 heavy (non-hydrogen) atoms. The highest BCUT2D eigenvalue weighted by molar-refractivity contribution is 5.90. The summed E-state index contributed by atoms with van der Waals surface area (Å²) < 4.78 is 3.61. The third kappa shape index (κ3) is 3.60. The van der Waals surface area contributed by atoms with Gasteiger partial charge >= 0.3 is 6.09 Å². The van der Waals surface area contributed by atoms with Gasteiger partial charge in [0.2, 0.25) is 0 Å². The zero-order valence-electron chi connectivity index (χ0n) is 17.4. The molecule has 0 aliphatic heterocycles. The summed E-state index contributed by atoms with van der Waals surface area (Å²) in [5.41, 5.74) is 5.15. The largest absolute Gasteiger partial charge is 0.465 e. The van der Waals surface area contributed by atoms with E-state index in [2.05, 4.69) is 37.9 Å². The summed E-state index contributed by atoms with van der Waals surface area (Å²) in [7, 11) is 0. The van der Waals surface area contributed by atoms with Crippen LogP contribution in [0.5, 0.6) is 0 Å². The van der Waals surface area contributed by atoms with Gasteiger partial charge in [0, 0.05) is 16.6 Å². The molecule has 0 radical (unpaired) electrons. The van der Waals surface area contributed by atoms with Gasteiger partial charge in [-0.1, -0.05) is 37.3 Å². The Morgan fingerprint density at radius 1 is 1.12 bits per heavy atom. The standard InChI is InChI=1S/C23H21N7O2/c1-2-18-19(28-23(31)32)13-30-21(18)22(24-14-26-30)27-17-8-9-20-16(10-17)11-25-29(20)12-15-6-4-3-5-7-15/h3-11,13-14,28H,2,12H2,1H3,(H,31,32)(H,24,26,27). The van der Waals surface area contributed by atoms with Crippen LogP contribution in [0.25, 0.3) is 16.4 Å². The van der Waals surface area contributed by atoms with Crippen molar-refractivity contribution in [2.75, 3.05) is 10.6 Å². The zero-order chi connectivity index (χ0) is 22.1. The lowest BCUT2D eigenvalue weighted by molar-refractivity contribution is 0.209. The van der Waals surface area contributed by atoms with Crippen LogP contribution >= 0.6 is 0 Å². The van der Waals surface area contributed by atoms with Crippen LogP contribution in [0.3, 0.4) is 0 Å². The van der Waals surface area contributed by atoms with Crippen LogP contribution in [0.4, 0.5) is 22.0 Å². The summed E-state index contributed by atoms with van der Waals surface area (Å²) in [6.07, 6.45) is 4.46. The Labute approximate surface area is 183 Å². The van der Waals surface area contributed by atoms with Crippen molar-refractivity contribution in [2.45, 2.75) is 19.9 Å². The second-order valence-corrected chi connectivity index (χ2v) is 7.39. The van der Waals surface area contributed by atoms with Gasteiger partial charge in [-0.25, -0.2) is 14.3 Å². The van der Waals surface area contributed by atoms with Crippen LogP contribution < -0.4 is 10.6 Å². The smallest absolute Gasteiger partial charge is 0.409 e. The van der Waals surface area contributed by atoms with Crippen LogP contribution in [0.2, 0.25) is 0 Å². The number of carbonyl (C=O) groups is 1. The number of fused-ring (bicyclic) bond motifs is 2. The molecular weight excluding hydrogens is 406 g/mol. The molecule has 0 saturated heterocycles. The summed E-state index contributed by atoms with van der Waals surface area (Å²) in [5.74, 6) is 0.603. The van der Waals surface area contributed by atoms with Crippen molar-refractivity contribution in [1.29, 1.82) is 0 Å². The maximum absolute atomic E-state index is 11.2. The van der Waals surface area contributed by atoms with E-state index in [4.69, 9.17) is 5.11 Å². The first-order chi connectivity index (χ1) is 15.6. The van der Waals surface area contributed by atoms with E-state index in [-0.39, 0.29) is 0 Å². The molecular formula is C23H21N7O2. The van der Waals surface area contributed by atoms with Crippen molar-refractivity contribution in [2.24, 2.45) is 0 Å². The molecule has 0 bridgehead atoms. The Morgan fingerprint density at radius 3 is 2.75 bits per heavy atom. The lowest BCUT2D eigenvalue weighted by Gasteiger charge is -2.09. The minimum atomic E-state index is -1.11. The highest BCUT2D eigenvalue weighted by atomic mass is 16.4. The van der Waals surface area contributed by atoms with Crippen LogP contribution in [0, 0.1) is 0 Å². The average molecular weight is 427 g/mol. The highest BCUT2D eigenvalue weighted by Crippen LogP contribution is 2.30. The predicted molar refractivity (Wildman–Crippen MR) is 123 cm³/mol. The molecule has 160 valence electrons. The monoisotopic (exact) mass is 427 g/mol.